The van der Waals surface area contributed by atoms with Gasteiger partial charge in [0.1, 0.15) is 11.5 Å². The first-order valence-corrected chi connectivity index (χ1v) is 9.95. The van der Waals surface area contributed by atoms with Gasteiger partial charge >= 0.3 is 0 Å². The van der Waals surface area contributed by atoms with Crippen LogP contribution < -0.4 is 9.47 Å². The molecule has 1 aliphatic heterocycles. The van der Waals surface area contributed by atoms with Gasteiger partial charge in [-0.2, -0.15) is 0 Å². The Kier molecular flexibility index (Phi) is 7.11. The number of carbonyl (C=O) groups excluding carboxylic acids is 2. The molecule has 154 valence electrons. The molecule has 0 atom stereocenters. The number of benzene rings is 2. The summed E-state index contributed by atoms with van der Waals surface area (Å²) in [6, 6.07) is 15.4. The molecule has 1 heterocycles. The van der Waals surface area contributed by atoms with Crippen LogP contribution in [0.15, 0.2) is 48.5 Å². The summed E-state index contributed by atoms with van der Waals surface area (Å²) >= 11 is 0. The molecule has 2 amide bonds. The maximum Gasteiger partial charge on any atom is 0.257 e. The molecule has 0 aliphatic carbocycles. The number of hydrogen-bond donors (Lipinski definition) is 0. The minimum absolute atomic E-state index is 0.0827. The van der Waals surface area contributed by atoms with Crippen molar-refractivity contribution in [3.05, 3.63) is 59.7 Å². The Bertz CT molecular complexity index is 830. The van der Waals surface area contributed by atoms with E-state index in [0.29, 0.717) is 49.7 Å². The first-order valence-electron chi connectivity index (χ1n) is 9.95. The van der Waals surface area contributed by atoms with Crippen LogP contribution in [-0.2, 0) is 11.2 Å². The summed E-state index contributed by atoms with van der Waals surface area (Å²) < 4.78 is 10.5. The largest absolute Gasteiger partial charge is 0.497 e. The molecule has 3 rings (SSSR count). The zero-order chi connectivity index (χ0) is 20.6. The molecule has 1 saturated heterocycles. The van der Waals surface area contributed by atoms with Crippen LogP contribution in [0, 0.1) is 0 Å². The van der Waals surface area contributed by atoms with Gasteiger partial charge in [0, 0.05) is 38.7 Å². The van der Waals surface area contributed by atoms with Crippen LogP contribution in [0.3, 0.4) is 0 Å². The average Bonchev–Trinajstić information content (AvgIpc) is 2.78. The zero-order valence-electron chi connectivity index (χ0n) is 17.1. The van der Waals surface area contributed by atoms with Gasteiger partial charge in [0.05, 0.1) is 19.8 Å². The standard InChI is InChI=1S/C23H28N2O4/c1-28-19-11-12-20(21(17-19)29-2)23(27)25-15-13-24(14-16-25)22(26)10-6-9-18-7-4-3-5-8-18/h3-5,7-8,11-12,17H,6,9-10,13-16H2,1-2H3. The fourth-order valence-electron chi connectivity index (χ4n) is 3.55. The van der Waals surface area contributed by atoms with E-state index >= 15 is 0 Å². The van der Waals surface area contributed by atoms with Crippen molar-refractivity contribution in [3.63, 3.8) is 0 Å². The Morgan fingerprint density at radius 1 is 0.897 bits per heavy atom. The topological polar surface area (TPSA) is 59.1 Å². The molecule has 0 aromatic heterocycles. The first kappa shape index (κ1) is 20.7. The second-order valence-corrected chi connectivity index (χ2v) is 7.08. The van der Waals surface area contributed by atoms with Crippen molar-refractivity contribution in [3.8, 4) is 11.5 Å². The van der Waals surface area contributed by atoms with Gasteiger partial charge < -0.3 is 19.3 Å². The Balaban J connectivity index is 1.49. The zero-order valence-corrected chi connectivity index (χ0v) is 17.1. The van der Waals surface area contributed by atoms with Gasteiger partial charge in [-0.25, -0.2) is 0 Å². The number of methoxy groups -OCH3 is 2. The lowest BCUT2D eigenvalue weighted by Crippen LogP contribution is -2.50. The van der Waals surface area contributed by atoms with Gasteiger partial charge in [-0.1, -0.05) is 30.3 Å². The molecule has 1 aliphatic rings. The summed E-state index contributed by atoms with van der Waals surface area (Å²) in [6.07, 6.45) is 2.28. The van der Waals surface area contributed by atoms with Crippen molar-refractivity contribution in [1.82, 2.24) is 9.80 Å². The Morgan fingerprint density at radius 2 is 1.59 bits per heavy atom. The first-order chi connectivity index (χ1) is 14.1. The van der Waals surface area contributed by atoms with E-state index in [-0.39, 0.29) is 11.8 Å². The number of carbonyl (C=O) groups is 2. The Labute approximate surface area is 172 Å². The van der Waals surface area contributed by atoms with E-state index < -0.39 is 0 Å². The molecule has 2 aromatic rings. The monoisotopic (exact) mass is 396 g/mol. The van der Waals surface area contributed by atoms with E-state index in [2.05, 4.69) is 12.1 Å². The minimum Gasteiger partial charge on any atom is -0.497 e. The average molecular weight is 396 g/mol. The maximum absolute atomic E-state index is 12.9. The van der Waals surface area contributed by atoms with Crippen molar-refractivity contribution < 1.29 is 19.1 Å². The summed E-state index contributed by atoms with van der Waals surface area (Å²) in [5.41, 5.74) is 1.76. The molecule has 1 fully saturated rings. The molecular weight excluding hydrogens is 368 g/mol. The van der Waals surface area contributed by atoms with Gasteiger partial charge in [-0.15, -0.1) is 0 Å². The van der Waals surface area contributed by atoms with E-state index in [1.807, 2.05) is 23.1 Å². The third-order valence-corrected chi connectivity index (χ3v) is 5.26. The lowest BCUT2D eigenvalue weighted by molar-refractivity contribution is -0.132. The van der Waals surface area contributed by atoms with Crippen LogP contribution in [0.5, 0.6) is 11.5 Å². The SMILES string of the molecule is COc1ccc(C(=O)N2CCN(C(=O)CCCc3ccccc3)CC2)c(OC)c1. The highest BCUT2D eigenvalue weighted by Gasteiger charge is 2.26. The second kappa shape index (κ2) is 9.96. The lowest BCUT2D eigenvalue weighted by Gasteiger charge is -2.35. The molecule has 6 nitrogen and oxygen atoms in total. The number of rotatable bonds is 7. The predicted octanol–water partition coefficient (Wildman–Crippen LogP) is 3.01. The Hall–Kier alpha value is -3.02. The van der Waals surface area contributed by atoms with Crippen molar-refractivity contribution in [2.45, 2.75) is 19.3 Å². The van der Waals surface area contributed by atoms with Crippen LogP contribution in [0.4, 0.5) is 0 Å². The number of amides is 2. The van der Waals surface area contributed by atoms with E-state index in [4.69, 9.17) is 9.47 Å². The number of hydrogen-bond acceptors (Lipinski definition) is 4. The third-order valence-electron chi connectivity index (χ3n) is 5.26. The molecule has 6 heteroatoms. The fraction of sp³-hybridized carbons (Fsp3) is 0.391. The van der Waals surface area contributed by atoms with Gasteiger partial charge in [-0.05, 0) is 30.5 Å². The van der Waals surface area contributed by atoms with Crippen LogP contribution in [0.25, 0.3) is 0 Å². The van der Waals surface area contributed by atoms with Gasteiger partial charge in [0.15, 0.2) is 0 Å². The molecule has 0 radical (unpaired) electrons. The third kappa shape index (κ3) is 5.28. The quantitative estimate of drug-likeness (QED) is 0.722. The van der Waals surface area contributed by atoms with Crippen molar-refractivity contribution in [2.24, 2.45) is 0 Å². The van der Waals surface area contributed by atoms with Crippen LogP contribution in [-0.4, -0.2) is 62.0 Å². The van der Waals surface area contributed by atoms with Crippen LogP contribution in [0.1, 0.15) is 28.8 Å². The van der Waals surface area contributed by atoms with E-state index in [1.165, 1.54) is 12.7 Å². The van der Waals surface area contributed by atoms with E-state index in [0.717, 1.165) is 12.8 Å². The number of aryl methyl sites for hydroxylation is 1. The molecule has 0 saturated carbocycles. The summed E-state index contributed by atoms with van der Waals surface area (Å²) in [5.74, 6) is 1.22. The molecular formula is C23H28N2O4. The molecule has 0 bridgehead atoms. The fourth-order valence-corrected chi connectivity index (χ4v) is 3.55. The van der Waals surface area contributed by atoms with E-state index in [9.17, 15) is 9.59 Å². The van der Waals surface area contributed by atoms with Crippen LogP contribution in [0.2, 0.25) is 0 Å². The Morgan fingerprint density at radius 3 is 2.24 bits per heavy atom. The van der Waals surface area contributed by atoms with E-state index in [1.54, 1.807) is 30.2 Å². The highest BCUT2D eigenvalue weighted by molar-refractivity contribution is 5.97. The van der Waals surface area contributed by atoms with Crippen molar-refractivity contribution >= 4 is 11.8 Å². The normalized spacial score (nSPS) is 13.9. The molecule has 29 heavy (non-hydrogen) atoms. The minimum atomic E-state index is -0.0827. The van der Waals surface area contributed by atoms with Crippen molar-refractivity contribution in [1.29, 1.82) is 0 Å². The highest BCUT2D eigenvalue weighted by Crippen LogP contribution is 2.26. The van der Waals surface area contributed by atoms with Gasteiger partial charge in [0.2, 0.25) is 5.91 Å². The summed E-state index contributed by atoms with van der Waals surface area (Å²) in [6.45, 7) is 2.18. The predicted molar refractivity (Wildman–Crippen MR) is 111 cm³/mol. The molecule has 0 unspecified atom stereocenters. The summed E-state index contributed by atoms with van der Waals surface area (Å²) in [4.78, 5) is 29.0. The smallest absolute Gasteiger partial charge is 0.257 e. The highest BCUT2D eigenvalue weighted by atomic mass is 16.5. The molecule has 0 N–H and O–H groups in total. The van der Waals surface area contributed by atoms with Gasteiger partial charge in [0.25, 0.3) is 5.91 Å². The number of piperazine rings is 1. The van der Waals surface area contributed by atoms with Crippen molar-refractivity contribution in [2.75, 3.05) is 40.4 Å². The number of nitrogens with zero attached hydrogens (tertiary/aromatic N) is 2. The van der Waals surface area contributed by atoms with Gasteiger partial charge in [-0.3, -0.25) is 9.59 Å². The second-order valence-electron chi connectivity index (χ2n) is 7.08. The summed E-state index contributed by atoms with van der Waals surface area (Å²) in [5, 5.41) is 0. The van der Waals surface area contributed by atoms with Crippen LogP contribution >= 0.6 is 0 Å². The molecule has 0 spiro atoms. The number of ether oxygens (including phenoxy) is 2. The molecule has 2 aromatic carbocycles. The maximum atomic E-state index is 12.9. The lowest BCUT2D eigenvalue weighted by atomic mass is 10.1. The summed E-state index contributed by atoms with van der Waals surface area (Å²) in [7, 11) is 3.12.